The van der Waals surface area contributed by atoms with Crippen LogP contribution in [0.3, 0.4) is 0 Å². The fraction of sp³-hybridized carbons (Fsp3) is 0.200. The molecule has 0 aliphatic rings. The van der Waals surface area contributed by atoms with Crippen LogP contribution in [0.2, 0.25) is 0 Å². The molecule has 0 spiro atoms. The molecule has 3 N–H and O–H groups in total. The molecule has 0 bridgehead atoms. The topological polar surface area (TPSA) is 61.7 Å². The molecule has 2 aromatic carbocycles. The van der Waals surface area contributed by atoms with E-state index < -0.39 is 7.12 Å². The summed E-state index contributed by atoms with van der Waals surface area (Å²) in [4.78, 5) is 0. The fourth-order valence-electron chi connectivity index (χ4n) is 2.21. The number of rotatable bonds is 4. The zero-order chi connectivity index (χ0) is 14.7. The van der Waals surface area contributed by atoms with Gasteiger partial charge in [-0.25, -0.2) is 0 Å². The predicted octanol–water partition coefficient (Wildman–Crippen LogP) is 1.74. The molecule has 0 heterocycles. The molecule has 5 heteroatoms. The third-order valence-electron chi connectivity index (χ3n) is 3.34. The van der Waals surface area contributed by atoms with Crippen molar-refractivity contribution in [3.63, 3.8) is 0 Å². The van der Waals surface area contributed by atoms with Crippen LogP contribution in [0.15, 0.2) is 36.4 Å². The van der Waals surface area contributed by atoms with Crippen LogP contribution in [0.1, 0.15) is 11.1 Å². The summed E-state index contributed by atoms with van der Waals surface area (Å²) in [6.45, 7) is 3.96. The first-order chi connectivity index (χ1) is 9.54. The number of aryl methyl sites for hydroxylation is 1. The minimum Gasteiger partial charge on any atom is -0.496 e. The van der Waals surface area contributed by atoms with E-state index in [1.54, 1.807) is 19.2 Å². The van der Waals surface area contributed by atoms with Crippen molar-refractivity contribution in [2.75, 3.05) is 12.4 Å². The number of benzene rings is 2. The van der Waals surface area contributed by atoms with E-state index in [0.717, 1.165) is 22.6 Å². The maximum absolute atomic E-state index is 9.41. The summed E-state index contributed by atoms with van der Waals surface area (Å²) in [5.74, 6) is 0.792. The first-order valence-corrected chi connectivity index (χ1v) is 6.41. The Morgan fingerprint density at radius 1 is 1.05 bits per heavy atom. The average Bonchev–Trinajstić information content (AvgIpc) is 2.44. The molecular weight excluding hydrogens is 253 g/mol. The van der Waals surface area contributed by atoms with E-state index in [9.17, 15) is 10.0 Å². The number of hydrogen-bond acceptors (Lipinski definition) is 4. The molecule has 20 heavy (non-hydrogen) atoms. The van der Waals surface area contributed by atoms with E-state index in [-0.39, 0.29) is 0 Å². The van der Waals surface area contributed by atoms with Gasteiger partial charge in [-0.2, -0.15) is 0 Å². The quantitative estimate of drug-likeness (QED) is 0.741. The molecule has 104 valence electrons. The molecular formula is C15H18BNO3. The SMILES string of the molecule is COc1ccc(C)c(Nc2ccccc2B(O)O)c1C. The summed E-state index contributed by atoms with van der Waals surface area (Å²) in [7, 11) is 0.122. The number of nitrogens with one attached hydrogen (secondary N) is 1. The monoisotopic (exact) mass is 271 g/mol. The molecule has 0 unspecified atom stereocenters. The Kier molecular flexibility index (Phi) is 4.32. The fourth-order valence-corrected chi connectivity index (χ4v) is 2.21. The van der Waals surface area contributed by atoms with Crippen LogP contribution in [0.4, 0.5) is 11.4 Å². The average molecular weight is 271 g/mol. The van der Waals surface area contributed by atoms with E-state index >= 15 is 0 Å². The van der Waals surface area contributed by atoms with Crippen molar-refractivity contribution in [2.45, 2.75) is 13.8 Å². The lowest BCUT2D eigenvalue weighted by atomic mass is 9.79. The minimum absolute atomic E-state index is 0.439. The standard InChI is InChI=1S/C15H18BNO3/c1-10-8-9-14(20-3)11(2)15(10)17-13-7-5-4-6-12(13)16(18)19/h4-9,17-19H,1-3H3. The van der Waals surface area contributed by atoms with Crippen LogP contribution in [-0.4, -0.2) is 24.3 Å². The van der Waals surface area contributed by atoms with Crippen molar-refractivity contribution in [3.05, 3.63) is 47.5 Å². The summed E-state index contributed by atoms with van der Waals surface area (Å²) in [5.41, 5.74) is 4.06. The maximum atomic E-state index is 9.41. The summed E-state index contributed by atoms with van der Waals surface area (Å²) < 4.78 is 5.32. The molecule has 0 aromatic heterocycles. The lowest BCUT2D eigenvalue weighted by molar-refractivity contribution is 0.412. The Morgan fingerprint density at radius 2 is 1.75 bits per heavy atom. The third kappa shape index (κ3) is 2.79. The molecule has 0 radical (unpaired) electrons. The Bertz CT molecular complexity index is 614. The molecule has 0 saturated carbocycles. The molecule has 2 aromatic rings. The zero-order valence-corrected chi connectivity index (χ0v) is 11.8. The van der Waals surface area contributed by atoms with E-state index in [0.29, 0.717) is 11.2 Å². The Labute approximate surface area is 119 Å². The largest absolute Gasteiger partial charge is 0.496 e. The van der Waals surface area contributed by atoms with E-state index in [2.05, 4.69) is 5.32 Å². The predicted molar refractivity (Wildman–Crippen MR) is 82.0 cm³/mol. The van der Waals surface area contributed by atoms with Crippen molar-refractivity contribution in [2.24, 2.45) is 0 Å². The first-order valence-electron chi connectivity index (χ1n) is 6.41. The van der Waals surface area contributed by atoms with Gasteiger partial charge in [0.2, 0.25) is 0 Å². The smallest absolute Gasteiger partial charge is 0.490 e. The third-order valence-corrected chi connectivity index (χ3v) is 3.34. The molecule has 4 nitrogen and oxygen atoms in total. The van der Waals surface area contributed by atoms with Crippen LogP contribution in [0.25, 0.3) is 0 Å². The molecule has 0 atom stereocenters. The van der Waals surface area contributed by atoms with Crippen molar-refractivity contribution >= 4 is 24.0 Å². The second kappa shape index (κ2) is 5.99. The first kappa shape index (κ1) is 14.4. The highest BCUT2D eigenvalue weighted by molar-refractivity contribution is 6.60. The molecule has 0 aliphatic heterocycles. The lowest BCUT2D eigenvalue weighted by Crippen LogP contribution is -2.31. The molecule has 0 fully saturated rings. The van der Waals surface area contributed by atoms with Gasteiger partial charge in [0.15, 0.2) is 0 Å². The second-order valence-electron chi connectivity index (χ2n) is 4.67. The van der Waals surface area contributed by atoms with Gasteiger partial charge in [-0.1, -0.05) is 24.3 Å². The van der Waals surface area contributed by atoms with Gasteiger partial charge in [0, 0.05) is 22.4 Å². The zero-order valence-electron chi connectivity index (χ0n) is 11.8. The van der Waals surface area contributed by atoms with Gasteiger partial charge in [0.05, 0.1) is 7.11 Å². The summed E-state index contributed by atoms with van der Waals surface area (Å²) in [5, 5.41) is 22.1. The molecule has 0 saturated heterocycles. The second-order valence-corrected chi connectivity index (χ2v) is 4.67. The number of para-hydroxylation sites is 1. The number of hydrogen-bond donors (Lipinski definition) is 3. The van der Waals surface area contributed by atoms with Crippen molar-refractivity contribution < 1.29 is 14.8 Å². The van der Waals surface area contributed by atoms with Crippen molar-refractivity contribution in [3.8, 4) is 5.75 Å². The van der Waals surface area contributed by atoms with Gasteiger partial charge >= 0.3 is 7.12 Å². The van der Waals surface area contributed by atoms with Crippen LogP contribution in [0.5, 0.6) is 5.75 Å². The summed E-state index contributed by atoms with van der Waals surface area (Å²) in [6, 6.07) is 11.0. The van der Waals surface area contributed by atoms with E-state index in [4.69, 9.17) is 4.74 Å². The molecule has 0 amide bonds. The lowest BCUT2D eigenvalue weighted by Gasteiger charge is -2.17. The van der Waals surface area contributed by atoms with Gasteiger partial charge in [-0.05, 0) is 31.5 Å². The summed E-state index contributed by atoms with van der Waals surface area (Å²) >= 11 is 0. The Balaban J connectivity index is 2.45. The van der Waals surface area contributed by atoms with Crippen molar-refractivity contribution in [1.29, 1.82) is 0 Å². The number of methoxy groups -OCH3 is 1. The number of anilines is 2. The molecule has 2 rings (SSSR count). The normalized spacial score (nSPS) is 10.2. The van der Waals surface area contributed by atoms with Gasteiger partial charge < -0.3 is 20.1 Å². The Hall–Kier alpha value is -1.98. The maximum Gasteiger partial charge on any atom is 0.490 e. The van der Waals surface area contributed by atoms with E-state index in [1.165, 1.54) is 0 Å². The highest BCUT2D eigenvalue weighted by Gasteiger charge is 2.17. The van der Waals surface area contributed by atoms with Gasteiger partial charge in [-0.3, -0.25) is 0 Å². The van der Waals surface area contributed by atoms with Gasteiger partial charge in [0.25, 0.3) is 0 Å². The van der Waals surface area contributed by atoms with Crippen LogP contribution < -0.4 is 15.5 Å². The van der Waals surface area contributed by atoms with E-state index in [1.807, 2.05) is 38.1 Å². The Morgan fingerprint density at radius 3 is 2.40 bits per heavy atom. The highest BCUT2D eigenvalue weighted by Crippen LogP contribution is 2.30. The van der Waals surface area contributed by atoms with Crippen LogP contribution >= 0.6 is 0 Å². The molecule has 0 aliphatic carbocycles. The van der Waals surface area contributed by atoms with Gasteiger partial charge in [0.1, 0.15) is 5.75 Å². The number of ether oxygens (including phenoxy) is 1. The minimum atomic E-state index is -1.51. The highest BCUT2D eigenvalue weighted by atomic mass is 16.5. The van der Waals surface area contributed by atoms with Crippen LogP contribution in [-0.2, 0) is 0 Å². The van der Waals surface area contributed by atoms with Crippen molar-refractivity contribution in [1.82, 2.24) is 0 Å². The van der Waals surface area contributed by atoms with Gasteiger partial charge in [-0.15, -0.1) is 0 Å². The van der Waals surface area contributed by atoms with Crippen LogP contribution in [0, 0.1) is 13.8 Å². The summed E-state index contributed by atoms with van der Waals surface area (Å²) in [6.07, 6.45) is 0.